The molecule has 0 aliphatic carbocycles. The molecule has 2 aromatic carbocycles. The summed E-state index contributed by atoms with van der Waals surface area (Å²) in [5, 5.41) is 1.24. The van der Waals surface area contributed by atoms with Crippen LogP contribution in [-0.2, 0) is 13.6 Å². The van der Waals surface area contributed by atoms with Crippen molar-refractivity contribution in [1.29, 1.82) is 0 Å². The van der Waals surface area contributed by atoms with Crippen LogP contribution in [0.15, 0.2) is 41.3 Å². The summed E-state index contributed by atoms with van der Waals surface area (Å²) in [6.45, 7) is 6.85. The topological polar surface area (TPSA) is 42.7 Å². The van der Waals surface area contributed by atoms with E-state index < -0.39 is 0 Å². The number of rotatable bonds is 2. The molecule has 0 saturated carbocycles. The third-order valence-electron chi connectivity index (χ3n) is 5.02. The molecule has 2 heterocycles. The predicted octanol–water partition coefficient (Wildman–Crippen LogP) is 3.79. The molecule has 4 heteroatoms. The largest absolute Gasteiger partial charge is 0.350 e. The summed E-state index contributed by atoms with van der Waals surface area (Å²) in [5.41, 5.74) is 7.82. The van der Waals surface area contributed by atoms with E-state index in [-0.39, 0.29) is 5.69 Å². The van der Waals surface area contributed by atoms with Crippen LogP contribution < -0.4 is 5.69 Å². The van der Waals surface area contributed by atoms with E-state index in [4.69, 9.17) is 0 Å². The normalized spacial score (nSPS) is 11.7. The van der Waals surface area contributed by atoms with E-state index in [1.54, 1.807) is 0 Å². The van der Waals surface area contributed by atoms with Crippen LogP contribution in [0.1, 0.15) is 22.3 Å². The van der Waals surface area contributed by atoms with Crippen LogP contribution in [0.4, 0.5) is 0 Å². The Bertz CT molecular complexity index is 1140. The lowest BCUT2D eigenvalue weighted by Gasteiger charge is -2.06. The fourth-order valence-corrected chi connectivity index (χ4v) is 3.60. The maximum atomic E-state index is 12.5. The van der Waals surface area contributed by atoms with Gasteiger partial charge in [0.2, 0.25) is 0 Å². The quantitative estimate of drug-likeness (QED) is 0.600. The smallest absolute Gasteiger partial charge is 0.326 e. The fourth-order valence-electron chi connectivity index (χ4n) is 3.60. The van der Waals surface area contributed by atoms with E-state index >= 15 is 0 Å². The molecule has 2 aromatic heterocycles. The Morgan fingerprint density at radius 2 is 1.75 bits per heavy atom. The lowest BCUT2D eigenvalue weighted by Crippen LogP contribution is -2.17. The summed E-state index contributed by atoms with van der Waals surface area (Å²) in [5.74, 6) is 0. The summed E-state index contributed by atoms with van der Waals surface area (Å²) in [6.07, 6.45) is 2.13. The molecule has 0 aliphatic heterocycles. The molecule has 0 bridgehead atoms. The van der Waals surface area contributed by atoms with Gasteiger partial charge in [0.1, 0.15) is 0 Å². The first-order valence-electron chi connectivity index (χ1n) is 8.19. The van der Waals surface area contributed by atoms with Gasteiger partial charge in [0, 0.05) is 24.1 Å². The number of H-pyrrole nitrogens is 1. The number of fused-ring (bicyclic) bond motifs is 2. The number of aryl methyl sites for hydroxylation is 4. The number of hydrogen-bond donors (Lipinski definition) is 1. The van der Waals surface area contributed by atoms with Crippen molar-refractivity contribution in [1.82, 2.24) is 14.1 Å². The van der Waals surface area contributed by atoms with E-state index in [1.165, 1.54) is 33.2 Å². The van der Waals surface area contributed by atoms with E-state index in [0.717, 1.165) is 11.0 Å². The molecule has 0 saturated heterocycles. The molecule has 0 amide bonds. The second kappa shape index (κ2) is 5.13. The maximum Gasteiger partial charge on any atom is 0.326 e. The number of benzene rings is 2. The molecular formula is C20H21N3O. The Labute approximate surface area is 140 Å². The molecule has 4 rings (SSSR count). The number of hydrogen-bond acceptors (Lipinski definition) is 1. The first kappa shape index (κ1) is 14.8. The molecule has 0 radical (unpaired) electrons. The minimum atomic E-state index is -0.0550. The first-order chi connectivity index (χ1) is 11.5. The summed E-state index contributed by atoms with van der Waals surface area (Å²) in [4.78, 5) is 15.5. The molecule has 4 nitrogen and oxygen atoms in total. The summed E-state index contributed by atoms with van der Waals surface area (Å²) < 4.78 is 3.97. The Hall–Kier alpha value is -2.75. The number of aromatic nitrogens is 3. The van der Waals surface area contributed by atoms with Gasteiger partial charge >= 0.3 is 5.69 Å². The van der Waals surface area contributed by atoms with Crippen molar-refractivity contribution >= 4 is 21.9 Å². The molecule has 0 spiro atoms. The molecule has 0 unspecified atom stereocenters. The van der Waals surface area contributed by atoms with Gasteiger partial charge in [0.15, 0.2) is 0 Å². The Balaban J connectivity index is 1.94. The van der Waals surface area contributed by atoms with Crippen LogP contribution in [0, 0.1) is 20.8 Å². The molecule has 24 heavy (non-hydrogen) atoms. The van der Waals surface area contributed by atoms with Crippen LogP contribution in [0.5, 0.6) is 0 Å². The molecule has 4 aromatic rings. The van der Waals surface area contributed by atoms with Gasteiger partial charge in [-0.1, -0.05) is 12.1 Å². The highest BCUT2D eigenvalue weighted by Gasteiger charge is 2.13. The maximum absolute atomic E-state index is 12.5. The van der Waals surface area contributed by atoms with Crippen LogP contribution in [0.3, 0.4) is 0 Å². The van der Waals surface area contributed by atoms with Crippen molar-refractivity contribution in [3.05, 3.63) is 69.3 Å². The van der Waals surface area contributed by atoms with Crippen molar-refractivity contribution in [3.63, 3.8) is 0 Å². The average Bonchev–Trinajstić information content (AvgIpc) is 3.00. The number of nitrogens with one attached hydrogen (secondary N) is 1. The molecule has 0 aliphatic rings. The van der Waals surface area contributed by atoms with Gasteiger partial charge < -0.3 is 9.55 Å². The van der Waals surface area contributed by atoms with Crippen LogP contribution in [0.25, 0.3) is 21.9 Å². The van der Waals surface area contributed by atoms with Gasteiger partial charge in [-0.25, -0.2) is 4.79 Å². The monoisotopic (exact) mass is 319 g/mol. The highest BCUT2D eigenvalue weighted by Crippen LogP contribution is 2.26. The second-order valence-electron chi connectivity index (χ2n) is 6.70. The lowest BCUT2D eigenvalue weighted by molar-refractivity contribution is 0.786. The van der Waals surface area contributed by atoms with Crippen LogP contribution in [0.2, 0.25) is 0 Å². The number of imidazole rings is 1. The first-order valence-corrected chi connectivity index (χ1v) is 8.19. The molecule has 122 valence electrons. The Kier molecular flexibility index (Phi) is 3.17. The van der Waals surface area contributed by atoms with E-state index in [1.807, 2.05) is 4.57 Å². The molecule has 0 fully saturated rings. The SMILES string of the molecule is Cc1cc2[nH]c(=O)n(Cc3cn(C)c4cccc(C)c34)c2cc1C. The zero-order valence-corrected chi connectivity index (χ0v) is 14.5. The summed E-state index contributed by atoms with van der Waals surface area (Å²) >= 11 is 0. The van der Waals surface area contributed by atoms with Gasteiger partial charge in [-0.05, 0) is 61.2 Å². The van der Waals surface area contributed by atoms with Crippen molar-refractivity contribution in [3.8, 4) is 0 Å². The van der Waals surface area contributed by atoms with Crippen molar-refractivity contribution in [2.45, 2.75) is 27.3 Å². The van der Waals surface area contributed by atoms with Gasteiger partial charge in [0.25, 0.3) is 0 Å². The van der Waals surface area contributed by atoms with Crippen molar-refractivity contribution < 1.29 is 0 Å². The highest BCUT2D eigenvalue weighted by molar-refractivity contribution is 5.87. The van der Waals surface area contributed by atoms with Crippen LogP contribution in [-0.4, -0.2) is 14.1 Å². The average molecular weight is 319 g/mol. The van der Waals surface area contributed by atoms with Gasteiger partial charge in [-0.3, -0.25) is 4.57 Å². The zero-order chi connectivity index (χ0) is 17.0. The van der Waals surface area contributed by atoms with E-state index in [9.17, 15) is 4.79 Å². The van der Waals surface area contributed by atoms with Crippen LogP contribution >= 0.6 is 0 Å². The number of nitrogens with zero attached hydrogens (tertiary/aromatic N) is 2. The zero-order valence-electron chi connectivity index (χ0n) is 14.5. The summed E-state index contributed by atoms with van der Waals surface area (Å²) in [6, 6.07) is 10.5. The van der Waals surface area contributed by atoms with E-state index in [0.29, 0.717) is 6.54 Å². The van der Waals surface area contributed by atoms with Gasteiger partial charge in [0.05, 0.1) is 17.6 Å². The second-order valence-corrected chi connectivity index (χ2v) is 6.70. The Morgan fingerprint density at radius 3 is 2.54 bits per heavy atom. The molecule has 0 atom stereocenters. The predicted molar refractivity (Wildman–Crippen MR) is 98.8 cm³/mol. The van der Waals surface area contributed by atoms with E-state index in [2.05, 4.69) is 73.9 Å². The lowest BCUT2D eigenvalue weighted by atomic mass is 10.1. The third kappa shape index (κ3) is 2.10. The Morgan fingerprint density at radius 1 is 1.00 bits per heavy atom. The minimum absolute atomic E-state index is 0.0550. The van der Waals surface area contributed by atoms with Crippen molar-refractivity contribution in [2.24, 2.45) is 7.05 Å². The van der Waals surface area contributed by atoms with Gasteiger partial charge in [-0.15, -0.1) is 0 Å². The van der Waals surface area contributed by atoms with Crippen molar-refractivity contribution in [2.75, 3.05) is 0 Å². The van der Waals surface area contributed by atoms with Gasteiger partial charge in [-0.2, -0.15) is 0 Å². The molecule has 1 N–H and O–H groups in total. The fraction of sp³-hybridized carbons (Fsp3) is 0.250. The standard InChI is InChI=1S/C20H21N3O/c1-12-6-5-7-17-19(12)15(10-22(17)4)11-23-18-9-14(3)13(2)8-16(18)21-20(23)24/h5-10H,11H2,1-4H3,(H,21,24). The highest BCUT2D eigenvalue weighted by atomic mass is 16.1. The number of aromatic amines is 1. The third-order valence-corrected chi connectivity index (χ3v) is 5.02. The minimum Gasteiger partial charge on any atom is -0.350 e. The summed E-state index contributed by atoms with van der Waals surface area (Å²) in [7, 11) is 2.05. The molecular weight excluding hydrogens is 298 g/mol.